The number of halogens is 1. The molecular formula is C15H21BFNO4. The minimum atomic E-state index is -0.716. The third-order valence-electron chi connectivity index (χ3n) is 4.28. The standard InChI is InChI=1S/C15H21BFNO4/c1-14(2)15(3,4)22-16(21-14)9-7-10(17)12(13(19)18-5)11(8-9)20-6/h7-8H,1-6H3,(H,18,19). The van der Waals surface area contributed by atoms with Gasteiger partial charge in [0.2, 0.25) is 0 Å². The first-order valence-electron chi connectivity index (χ1n) is 7.08. The lowest BCUT2D eigenvalue weighted by molar-refractivity contribution is 0.00578. The first-order chi connectivity index (χ1) is 10.1. The molecule has 22 heavy (non-hydrogen) atoms. The highest BCUT2D eigenvalue weighted by Crippen LogP contribution is 2.37. The quantitative estimate of drug-likeness (QED) is 0.860. The Balaban J connectivity index is 2.43. The van der Waals surface area contributed by atoms with E-state index in [4.69, 9.17) is 14.0 Å². The lowest BCUT2D eigenvalue weighted by atomic mass is 9.78. The average molecular weight is 309 g/mol. The van der Waals surface area contributed by atoms with Crippen LogP contribution in [0.15, 0.2) is 12.1 Å². The van der Waals surface area contributed by atoms with Crippen LogP contribution in [0.5, 0.6) is 5.75 Å². The van der Waals surface area contributed by atoms with Crippen LogP contribution in [0.25, 0.3) is 0 Å². The zero-order chi connectivity index (χ0) is 16.7. The van der Waals surface area contributed by atoms with Gasteiger partial charge in [0.05, 0.1) is 18.3 Å². The third-order valence-corrected chi connectivity index (χ3v) is 4.28. The molecule has 1 fully saturated rings. The van der Waals surface area contributed by atoms with Gasteiger partial charge in [0.25, 0.3) is 5.91 Å². The fourth-order valence-corrected chi connectivity index (χ4v) is 2.22. The number of hydrogen-bond acceptors (Lipinski definition) is 4. The van der Waals surface area contributed by atoms with E-state index in [-0.39, 0.29) is 11.3 Å². The van der Waals surface area contributed by atoms with E-state index in [9.17, 15) is 9.18 Å². The van der Waals surface area contributed by atoms with Crippen LogP contribution >= 0.6 is 0 Å². The van der Waals surface area contributed by atoms with Crippen molar-refractivity contribution in [3.8, 4) is 5.75 Å². The van der Waals surface area contributed by atoms with E-state index in [1.807, 2.05) is 27.7 Å². The minimum Gasteiger partial charge on any atom is -0.496 e. The van der Waals surface area contributed by atoms with Crippen LogP contribution in [0.4, 0.5) is 4.39 Å². The van der Waals surface area contributed by atoms with Gasteiger partial charge in [-0.15, -0.1) is 0 Å². The molecule has 1 aromatic rings. The lowest BCUT2D eigenvalue weighted by Crippen LogP contribution is -2.41. The van der Waals surface area contributed by atoms with Gasteiger partial charge in [-0.05, 0) is 45.3 Å². The van der Waals surface area contributed by atoms with Crippen LogP contribution in [-0.2, 0) is 9.31 Å². The highest BCUT2D eigenvalue weighted by molar-refractivity contribution is 6.62. The summed E-state index contributed by atoms with van der Waals surface area (Å²) in [7, 11) is 2.10. The van der Waals surface area contributed by atoms with E-state index in [2.05, 4.69) is 5.32 Å². The molecule has 1 saturated heterocycles. The van der Waals surface area contributed by atoms with Gasteiger partial charge >= 0.3 is 7.12 Å². The zero-order valence-corrected chi connectivity index (χ0v) is 13.7. The molecule has 0 saturated carbocycles. The highest BCUT2D eigenvalue weighted by atomic mass is 19.1. The molecule has 120 valence electrons. The van der Waals surface area contributed by atoms with Gasteiger partial charge in [0.1, 0.15) is 17.1 Å². The number of carbonyl (C=O) groups excluding carboxylic acids is 1. The highest BCUT2D eigenvalue weighted by Gasteiger charge is 2.52. The first kappa shape index (κ1) is 16.8. The van der Waals surface area contributed by atoms with Gasteiger partial charge in [0, 0.05) is 7.05 Å². The van der Waals surface area contributed by atoms with Crippen molar-refractivity contribution >= 4 is 18.5 Å². The molecule has 1 aromatic carbocycles. The van der Waals surface area contributed by atoms with Crippen LogP contribution in [0.3, 0.4) is 0 Å². The zero-order valence-electron chi connectivity index (χ0n) is 13.7. The number of amides is 1. The molecule has 5 nitrogen and oxygen atoms in total. The second-order valence-electron chi connectivity index (χ2n) is 6.25. The average Bonchev–Trinajstić information content (AvgIpc) is 2.65. The van der Waals surface area contributed by atoms with Crippen LogP contribution in [0, 0.1) is 5.82 Å². The van der Waals surface area contributed by atoms with Crippen LogP contribution in [0.2, 0.25) is 0 Å². The molecule has 0 bridgehead atoms. The summed E-state index contributed by atoms with van der Waals surface area (Å²) >= 11 is 0. The first-order valence-corrected chi connectivity index (χ1v) is 7.08. The smallest absolute Gasteiger partial charge is 0.495 e. The van der Waals surface area contributed by atoms with Crippen molar-refractivity contribution in [3.63, 3.8) is 0 Å². The van der Waals surface area contributed by atoms with Gasteiger partial charge in [-0.1, -0.05) is 0 Å². The molecule has 2 rings (SSSR count). The summed E-state index contributed by atoms with van der Waals surface area (Å²) in [5.74, 6) is -1.08. The maximum absolute atomic E-state index is 14.3. The second-order valence-corrected chi connectivity index (χ2v) is 6.25. The maximum Gasteiger partial charge on any atom is 0.495 e. The van der Waals surface area contributed by atoms with Crippen molar-refractivity contribution in [1.29, 1.82) is 0 Å². The molecule has 0 aromatic heterocycles. The van der Waals surface area contributed by atoms with Gasteiger partial charge in [-0.2, -0.15) is 0 Å². The van der Waals surface area contributed by atoms with Crippen LogP contribution in [-0.4, -0.2) is 38.4 Å². The molecule has 0 spiro atoms. The SMILES string of the molecule is CNC(=O)c1c(F)cc(B2OC(C)(C)C(C)(C)O2)cc1OC. The molecule has 0 unspecified atom stereocenters. The summed E-state index contributed by atoms with van der Waals surface area (Å²) < 4.78 is 31.2. The van der Waals surface area contributed by atoms with Crippen LogP contribution < -0.4 is 15.5 Å². The number of hydrogen-bond donors (Lipinski definition) is 1. The van der Waals surface area contributed by atoms with Crippen molar-refractivity contribution in [2.45, 2.75) is 38.9 Å². The van der Waals surface area contributed by atoms with E-state index >= 15 is 0 Å². The third kappa shape index (κ3) is 2.70. The van der Waals surface area contributed by atoms with Gasteiger partial charge < -0.3 is 19.4 Å². The summed E-state index contributed by atoms with van der Waals surface area (Å²) in [5, 5.41) is 2.39. The van der Waals surface area contributed by atoms with Crippen molar-refractivity contribution in [2.75, 3.05) is 14.2 Å². The second kappa shape index (κ2) is 5.55. The summed E-state index contributed by atoms with van der Waals surface area (Å²) in [6, 6.07) is 2.81. The lowest BCUT2D eigenvalue weighted by Gasteiger charge is -2.32. The Labute approximate surface area is 130 Å². The van der Waals surface area contributed by atoms with Crippen molar-refractivity contribution in [2.24, 2.45) is 0 Å². The van der Waals surface area contributed by atoms with E-state index < -0.39 is 30.0 Å². The van der Waals surface area contributed by atoms with E-state index in [1.54, 1.807) is 6.07 Å². The topological polar surface area (TPSA) is 56.8 Å². The van der Waals surface area contributed by atoms with Crippen LogP contribution in [0.1, 0.15) is 38.1 Å². The summed E-state index contributed by atoms with van der Waals surface area (Å²) in [4.78, 5) is 11.8. The minimum absolute atomic E-state index is 0.134. The summed E-state index contributed by atoms with van der Waals surface area (Å²) in [6.07, 6.45) is 0. The normalized spacial score (nSPS) is 19.1. The Morgan fingerprint density at radius 2 is 1.77 bits per heavy atom. The molecule has 1 heterocycles. The molecule has 1 N–H and O–H groups in total. The van der Waals surface area contributed by atoms with Crippen molar-refractivity contribution in [3.05, 3.63) is 23.5 Å². The Morgan fingerprint density at radius 1 is 1.23 bits per heavy atom. The predicted molar refractivity (Wildman–Crippen MR) is 82.1 cm³/mol. The molecule has 1 aliphatic heterocycles. The number of rotatable bonds is 3. The number of carbonyl (C=O) groups is 1. The molecule has 0 radical (unpaired) electrons. The van der Waals surface area contributed by atoms with Gasteiger partial charge in [0.15, 0.2) is 0 Å². The Hall–Kier alpha value is -1.60. The number of nitrogens with one attached hydrogen (secondary N) is 1. The molecule has 1 aliphatic rings. The van der Waals surface area contributed by atoms with E-state index in [0.29, 0.717) is 5.46 Å². The summed E-state index contributed by atoms with van der Waals surface area (Å²) in [5.41, 5.74) is -0.715. The molecular weight excluding hydrogens is 288 g/mol. The monoisotopic (exact) mass is 309 g/mol. The Kier molecular flexibility index (Phi) is 4.23. The molecule has 0 atom stereocenters. The molecule has 1 amide bonds. The largest absolute Gasteiger partial charge is 0.496 e. The Morgan fingerprint density at radius 3 is 2.23 bits per heavy atom. The summed E-state index contributed by atoms with van der Waals surface area (Å²) in [6.45, 7) is 7.66. The Bertz CT molecular complexity index is 587. The van der Waals surface area contributed by atoms with E-state index in [0.717, 1.165) is 0 Å². The number of ether oxygens (including phenoxy) is 1. The molecule has 0 aliphatic carbocycles. The molecule has 7 heteroatoms. The van der Waals surface area contributed by atoms with Gasteiger partial charge in [-0.25, -0.2) is 4.39 Å². The van der Waals surface area contributed by atoms with Gasteiger partial charge in [-0.3, -0.25) is 4.79 Å². The van der Waals surface area contributed by atoms with Crippen molar-refractivity contribution in [1.82, 2.24) is 5.32 Å². The van der Waals surface area contributed by atoms with E-state index in [1.165, 1.54) is 20.2 Å². The fourth-order valence-electron chi connectivity index (χ4n) is 2.22. The predicted octanol–water partition coefficient (Wildman–Crippen LogP) is 1.49. The number of methoxy groups -OCH3 is 1. The maximum atomic E-state index is 14.3. The fraction of sp³-hybridized carbons (Fsp3) is 0.533. The number of benzene rings is 1. The van der Waals surface area contributed by atoms with Crippen molar-refractivity contribution < 1.29 is 23.2 Å².